The van der Waals surface area contributed by atoms with E-state index in [-0.39, 0.29) is 12.2 Å². The van der Waals surface area contributed by atoms with Gasteiger partial charge in [0.1, 0.15) is 11.9 Å². The molecule has 0 saturated carbocycles. The van der Waals surface area contributed by atoms with E-state index in [1.54, 1.807) is 0 Å². The van der Waals surface area contributed by atoms with Gasteiger partial charge in [0.15, 0.2) is 0 Å². The van der Waals surface area contributed by atoms with E-state index in [2.05, 4.69) is 30.3 Å². The van der Waals surface area contributed by atoms with Gasteiger partial charge in [0.2, 0.25) is 0 Å². The zero-order valence-electron chi connectivity index (χ0n) is 11.2. The molecule has 0 bridgehead atoms. The highest BCUT2D eigenvalue weighted by atomic mass is 16.3. The zero-order chi connectivity index (χ0) is 13.6. The minimum Gasteiger partial charge on any atom is -0.380 e. The molecular formula is C16H22O2. The molecule has 18 heavy (non-hydrogen) atoms. The Balaban J connectivity index is 3.57. The zero-order valence-corrected chi connectivity index (χ0v) is 11.2. The predicted molar refractivity (Wildman–Crippen MR) is 74.8 cm³/mol. The lowest BCUT2D eigenvalue weighted by Gasteiger charge is -1.95. The first-order chi connectivity index (χ1) is 8.66. The minimum atomic E-state index is -0.879. The molecule has 0 aromatic heterocycles. The van der Waals surface area contributed by atoms with Crippen LogP contribution in [0.2, 0.25) is 0 Å². The van der Waals surface area contributed by atoms with E-state index in [0.29, 0.717) is 0 Å². The summed E-state index contributed by atoms with van der Waals surface area (Å²) in [6.45, 7) is 5.11. The van der Waals surface area contributed by atoms with E-state index in [0.717, 1.165) is 19.3 Å². The molecule has 2 heteroatoms. The fraction of sp³-hybridized carbons (Fsp3) is 0.562. The summed E-state index contributed by atoms with van der Waals surface area (Å²) in [4.78, 5) is 10.7. The van der Waals surface area contributed by atoms with E-state index < -0.39 is 6.10 Å². The average molecular weight is 246 g/mol. The number of carbonyl (C=O) groups excluding carboxylic acids is 1. The minimum absolute atomic E-state index is 0.0655. The smallest absolute Gasteiger partial charge is 0.133 e. The Morgan fingerprint density at radius 1 is 1.28 bits per heavy atom. The van der Waals surface area contributed by atoms with Gasteiger partial charge in [-0.05, 0) is 38.0 Å². The van der Waals surface area contributed by atoms with Crippen molar-refractivity contribution >= 4 is 5.78 Å². The van der Waals surface area contributed by atoms with Gasteiger partial charge in [-0.3, -0.25) is 4.79 Å². The van der Waals surface area contributed by atoms with Crippen molar-refractivity contribution in [1.29, 1.82) is 0 Å². The van der Waals surface area contributed by atoms with Crippen molar-refractivity contribution < 1.29 is 9.90 Å². The summed E-state index contributed by atoms with van der Waals surface area (Å²) in [5.74, 6) is 10.7. The Morgan fingerprint density at radius 2 is 2.00 bits per heavy atom. The van der Waals surface area contributed by atoms with Gasteiger partial charge in [-0.15, -0.1) is 6.58 Å². The molecule has 0 aromatic rings. The molecule has 0 rings (SSSR count). The number of hydrogen-bond donors (Lipinski definition) is 1. The average Bonchev–Trinajstić information content (AvgIpc) is 2.30. The van der Waals surface area contributed by atoms with Gasteiger partial charge in [0, 0.05) is 12.8 Å². The number of Topliss-reactive ketones (excluding diaryl/α,β-unsaturated/α-hetero) is 1. The van der Waals surface area contributed by atoms with Crippen molar-refractivity contribution in [2.75, 3.05) is 0 Å². The lowest BCUT2D eigenvalue weighted by molar-refractivity contribution is -0.118. The van der Waals surface area contributed by atoms with Crippen LogP contribution in [0, 0.1) is 23.7 Å². The van der Waals surface area contributed by atoms with Crippen molar-refractivity contribution in [1.82, 2.24) is 0 Å². The summed E-state index contributed by atoms with van der Waals surface area (Å²) in [5.41, 5.74) is 0. The number of unbranched alkanes of at least 4 members (excludes halogenated alkanes) is 5. The van der Waals surface area contributed by atoms with Crippen LogP contribution >= 0.6 is 0 Å². The normalized spacial score (nSPS) is 10.6. The number of allylic oxidation sites excluding steroid dienone is 1. The molecule has 0 aliphatic carbocycles. The topological polar surface area (TPSA) is 37.3 Å². The quantitative estimate of drug-likeness (QED) is 0.406. The fourth-order valence-electron chi connectivity index (χ4n) is 1.41. The molecule has 0 aliphatic rings. The van der Waals surface area contributed by atoms with Crippen LogP contribution in [0.4, 0.5) is 0 Å². The Morgan fingerprint density at radius 3 is 2.67 bits per heavy atom. The molecule has 0 saturated heterocycles. The number of hydrogen-bond acceptors (Lipinski definition) is 2. The van der Waals surface area contributed by atoms with Crippen LogP contribution < -0.4 is 0 Å². The maximum atomic E-state index is 10.7. The van der Waals surface area contributed by atoms with Crippen molar-refractivity contribution in [3.8, 4) is 23.7 Å². The number of ketones is 1. The van der Waals surface area contributed by atoms with E-state index >= 15 is 0 Å². The van der Waals surface area contributed by atoms with Crippen LogP contribution in [0.1, 0.15) is 51.9 Å². The molecule has 0 radical (unpaired) electrons. The molecule has 0 amide bonds. The third-order valence-corrected chi connectivity index (χ3v) is 2.33. The van der Waals surface area contributed by atoms with Gasteiger partial charge in [0.25, 0.3) is 0 Å². The molecule has 2 nitrogen and oxygen atoms in total. The summed E-state index contributed by atoms with van der Waals surface area (Å²) >= 11 is 0. The third kappa shape index (κ3) is 12.6. The monoisotopic (exact) mass is 246 g/mol. The van der Waals surface area contributed by atoms with Gasteiger partial charge in [-0.25, -0.2) is 0 Å². The number of carbonyl (C=O) groups is 1. The Bertz CT molecular complexity index is 360. The lowest BCUT2D eigenvalue weighted by atomic mass is 10.1. The van der Waals surface area contributed by atoms with Crippen molar-refractivity contribution in [3.63, 3.8) is 0 Å². The van der Waals surface area contributed by atoms with Crippen molar-refractivity contribution in [2.45, 2.75) is 58.0 Å². The first kappa shape index (κ1) is 16.5. The highest BCUT2D eigenvalue weighted by Gasteiger charge is 2.01. The first-order valence-electron chi connectivity index (χ1n) is 6.43. The van der Waals surface area contributed by atoms with Gasteiger partial charge in [-0.2, -0.15) is 0 Å². The summed E-state index contributed by atoms with van der Waals surface area (Å²) in [5, 5.41) is 9.27. The van der Waals surface area contributed by atoms with Gasteiger partial charge in [-0.1, -0.05) is 30.8 Å². The third-order valence-electron chi connectivity index (χ3n) is 2.33. The largest absolute Gasteiger partial charge is 0.380 e. The maximum Gasteiger partial charge on any atom is 0.133 e. The highest BCUT2D eigenvalue weighted by molar-refractivity contribution is 5.76. The standard InChI is InChI=1S/C16H22O2/c1-3-4-5-6-7-8-9-10-11-12-13-16(18)14-15(2)17/h3,16,18H,1,4-9,14H2,2H3/t16-/m1/s1. The van der Waals surface area contributed by atoms with Gasteiger partial charge >= 0.3 is 0 Å². The molecule has 0 spiro atoms. The van der Waals surface area contributed by atoms with Gasteiger partial charge in [0.05, 0.1) is 0 Å². The van der Waals surface area contributed by atoms with E-state index in [9.17, 15) is 9.90 Å². The predicted octanol–water partition coefficient (Wildman–Crippen LogP) is 2.86. The molecule has 0 heterocycles. The van der Waals surface area contributed by atoms with E-state index in [1.807, 2.05) is 6.08 Å². The molecule has 0 aliphatic heterocycles. The Kier molecular flexibility index (Phi) is 11.0. The lowest BCUT2D eigenvalue weighted by Crippen LogP contribution is -2.07. The fourth-order valence-corrected chi connectivity index (χ4v) is 1.41. The molecule has 1 atom stereocenters. The second-order valence-corrected chi connectivity index (χ2v) is 4.23. The van der Waals surface area contributed by atoms with E-state index in [1.165, 1.54) is 26.2 Å². The SMILES string of the molecule is C=CCCCCCCC#CC#C[C@@H](O)CC(C)=O. The Hall–Kier alpha value is -1.51. The van der Waals surface area contributed by atoms with Crippen LogP contribution in [0.5, 0.6) is 0 Å². The van der Waals surface area contributed by atoms with Crippen molar-refractivity contribution in [2.24, 2.45) is 0 Å². The second kappa shape index (κ2) is 12.0. The number of rotatable bonds is 8. The van der Waals surface area contributed by atoms with Gasteiger partial charge < -0.3 is 5.11 Å². The van der Waals surface area contributed by atoms with Crippen LogP contribution in [-0.2, 0) is 4.79 Å². The molecule has 0 fully saturated rings. The van der Waals surface area contributed by atoms with Crippen LogP contribution in [0.15, 0.2) is 12.7 Å². The summed E-state index contributed by atoms with van der Waals surface area (Å²) < 4.78 is 0. The van der Waals surface area contributed by atoms with E-state index in [4.69, 9.17) is 0 Å². The summed E-state index contributed by atoms with van der Waals surface area (Å²) in [6, 6.07) is 0. The summed E-state index contributed by atoms with van der Waals surface area (Å²) in [6.07, 6.45) is 7.77. The number of aliphatic hydroxyl groups is 1. The van der Waals surface area contributed by atoms with Crippen LogP contribution in [0.3, 0.4) is 0 Å². The van der Waals surface area contributed by atoms with Crippen LogP contribution in [-0.4, -0.2) is 17.0 Å². The molecule has 1 N–H and O–H groups in total. The first-order valence-corrected chi connectivity index (χ1v) is 6.43. The number of aliphatic hydroxyl groups excluding tert-OH is 1. The molecule has 0 unspecified atom stereocenters. The summed E-state index contributed by atoms with van der Waals surface area (Å²) in [7, 11) is 0. The molecular weight excluding hydrogens is 224 g/mol. The molecule has 0 aromatic carbocycles. The van der Waals surface area contributed by atoms with Crippen LogP contribution in [0.25, 0.3) is 0 Å². The van der Waals surface area contributed by atoms with Crippen molar-refractivity contribution in [3.05, 3.63) is 12.7 Å². The molecule has 98 valence electrons. The second-order valence-electron chi connectivity index (χ2n) is 4.23. The Labute approximate surface area is 110 Å². The highest BCUT2D eigenvalue weighted by Crippen LogP contribution is 2.04. The maximum absolute atomic E-state index is 10.7.